The minimum Gasteiger partial charge on any atom is -0.461 e. The predicted molar refractivity (Wildman–Crippen MR) is 72.8 cm³/mol. The first-order valence-electron chi connectivity index (χ1n) is 7.10. The van der Waals surface area contributed by atoms with Gasteiger partial charge in [0.1, 0.15) is 6.54 Å². The summed E-state index contributed by atoms with van der Waals surface area (Å²) in [5.41, 5.74) is 0.987. The summed E-state index contributed by atoms with van der Waals surface area (Å²) in [6.07, 6.45) is 2.22. The number of esters is 1. The molecule has 2 heterocycles. The van der Waals surface area contributed by atoms with Crippen molar-refractivity contribution < 1.29 is 13.9 Å². The van der Waals surface area contributed by atoms with Crippen molar-refractivity contribution in [2.75, 3.05) is 6.61 Å². The van der Waals surface area contributed by atoms with Gasteiger partial charge >= 0.3 is 5.97 Å². The van der Waals surface area contributed by atoms with Gasteiger partial charge in [0.25, 0.3) is 0 Å². The van der Waals surface area contributed by atoms with Crippen molar-refractivity contribution in [1.82, 2.24) is 25.2 Å². The van der Waals surface area contributed by atoms with Gasteiger partial charge < -0.3 is 9.15 Å². The van der Waals surface area contributed by atoms with Crippen LogP contribution in [0.4, 0.5) is 0 Å². The zero-order chi connectivity index (χ0) is 15.2. The van der Waals surface area contributed by atoms with E-state index in [1.54, 1.807) is 11.6 Å². The van der Waals surface area contributed by atoms with Gasteiger partial charge in [0.15, 0.2) is 5.69 Å². The molecule has 2 rings (SSSR count). The monoisotopic (exact) mass is 293 g/mol. The van der Waals surface area contributed by atoms with Crippen LogP contribution in [0, 0.1) is 0 Å². The molecule has 0 spiro atoms. The SMILES string of the molecule is CCCc1c(C(=O)OCC)nnn1Cc1nnc(CC)o1. The molecule has 0 aliphatic heterocycles. The molecule has 0 bridgehead atoms. The highest BCUT2D eigenvalue weighted by atomic mass is 16.5. The molecule has 0 N–H and O–H groups in total. The van der Waals surface area contributed by atoms with Crippen molar-refractivity contribution in [2.45, 2.75) is 46.6 Å². The average Bonchev–Trinajstić information content (AvgIpc) is 3.08. The molecule has 0 aliphatic rings. The Balaban J connectivity index is 2.24. The second kappa shape index (κ2) is 6.96. The van der Waals surface area contributed by atoms with Gasteiger partial charge in [0.2, 0.25) is 11.8 Å². The fourth-order valence-electron chi connectivity index (χ4n) is 1.93. The summed E-state index contributed by atoms with van der Waals surface area (Å²) in [4.78, 5) is 11.9. The molecule has 8 nitrogen and oxygen atoms in total. The Hall–Kier alpha value is -2.25. The van der Waals surface area contributed by atoms with Crippen LogP contribution in [0.25, 0.3) is 0 Å². The van der Waals surface area contributed by atoms with Gasteiger partial charge in [-0.15, -0.1) is 15.3 Å². The quantitative estimate of drug-likeness (QED) is 0.712. The van der Waals surface area contributed by atoms with Gasteiger partial charge in [-0.05, 0) is 13.3 Å². The second-order valence-electron chi connectivity index (χ2n) is 4.46. The smallest absolute Gasteiger partial charge is 0.360 e. The molecule has 0 saturated carbocycles. The maximum absolute atomic E-state index is 11.9. The third-order valence-corrected chi connectivity index (χ3v) is 2.89. The number of carbonyl (C=O) groups is 1. The van der Waals surface area contributed by atoms with E-state index in [1.807, 2.05) is 13.8 Å². The largest absolute Gasteiger partial charge is 0.461 e. The molecule has 2 aromatic heterocycles. The fourth-order valence-corrected chi connectivity index (χ4v) is 1.93. The molecule has 114 valence electrons. The maximum atomic E-state index is 11.9. The molecule has 8 heteroatoms. The summed E-state index contributed by atoms with van der Waals surface area (Å²) >= 11 is 0. The highest BCUT2D eigenvalue weighted by molar-refractivity contribution is 5.88. The van der Waals surface area contributed by atoms with Crippen molar-refractivity contribution in [3.63, 3.8) is 0 Å². The normalized spacial score (nSPS) is 10.8. The average molecular weight is 293 g/mol. The minimum absolute atomic E-state index is 0.258. The minimum atomic E-state index is -0.452. The second-order valence-corrected chi connectivity index (χ2v) is 4.46. The number of aromatic nitrogens is 5. The van der Waals surface area contributed by atoms with Crippen LogP contribution in [0.3, 0.4) is 0 Å². The van der Waals surface area contributed by atoms with Crippen molar-refractivity contribution in [2.24, 2.45) is 0 Å². The number of ether oxygens (including phenoxy) is 1. The third kappa shape index (κ3) is 3.45. The summed E-state index contributed by atoms with van der Waals surface area (Å²) in [7, 11) is 0. The first-order valence-corrected chi connectivity index (χ1v) is 7.10. The summed E-state index contributed by atoms with van der Waals surface area (Å²) in [6.45, 7) is 6.32. The van der Waals surface area contributed by atoms with Crippen LogP contribution in [0.15, 0.2) is 4.42 Å². The molecule has 2 aromatic rings. The van der Waals surface area contributed by atoms with Gasteiger partial charge in [0.05, 0.1) is 12.3 Å². The van der Waals surface area contributed by atoms with Gasteiger partial charge in [-0.1, -0.05) is 25.5 Å². The molecular weight excluding hydrogens is 274 g/mol. The molecule has 21 heavy (non-hydrogen) atoms. The summed E-state index contributed by atoms with van der Waals surface area (Å²) < 4.78 is 12.1. The van der Waals surface area contributed by atoms with Gasteiger partial charge in [-0.3, -0.25) is 0 Å². The summed E-state index contributed by atoms with van der Waals surface area (Å²) in [6, 6.07) is 0. The number of aryl methyl sites for hydroxylation is 1. The Morgan fingerprint density at radius 1 is 1.19 bits per heavy atom. The third-order valence-electron chi connectivity index (χ3n) is 2.89. The van der Waals surface area contributed by atoms with Crippen molar-refractivity contribution >= 4 is 5.97 Å². The molecule has 0 atom stereocenters. The first kappa shape index (κ1) is 15.1. The lowest BCUT2D eigenvalue weighted by molar-refractivity contribution is 0.0518. The Kier molecular flexibility index (Phi) is 5.02. The van der Waals surface area contributed by atoms with Gasteiger partial charge in [-0.2, -0.15) is 0 Å². The lowest BCUT2D eigenvalue weighted by Crippen LogP contribution is -2.11. The number of nitrogens with zero attached hydrogens (tertiary/aromatic N) is 5. The number of rotatable bonds is 7. The lowest BCUT2D eigenvalue weighted by Gasteiger charge is -2.04. The number of hydrogen-bond donors (Lipinski definition) is 0. The van der Waals surface area contributed by atoms with Crippen LogP contribution in [0.5, 0.6) is 0 Å². The molecule has 0 amide bonds. The number of carbonyl (C=O) groups excluding carboxylic acids is 1. The fraction of sp³-hybridized carbons (Fsp3) is 0.615. The molecule has 0 fully saturated rings. The molecule has 0 unspecified atom stereocenters. The van der Waals surface area contributed by atoms with E-state index in [0.29, 0.717) is 37.8 Å². The first-order chi connectivity index (χ1) is 10.2. The predicted octanol–water partition coefficient (Wildman–Crippen LogP) is 1.40. The van der Waals surface area contributed by atoms with E-state index in [0.717, 1.165) is 12.1 Å². The van der Waals surface area contributed by atoms with Gasteiger partial charge in [0, 0.05) is 6.42 Å². The topological polar surface area (TPSA) is 95.9 Å². The van der Waals surface area contributed by atoms with Crippen LogP contribution >= 0.6 is 0 Å². The maximum Gasteiger partial charge on any atom is 0.360 e. The zero-order valence-electron chi connectivity index (χ0n) is 12.5. The van der Waals surface area contributed by atoms with E-state index in [9.17, 15) is 4.79 Å². The highest BCUT2D eigenvalue weighted by Gasteiger charge is 2.21. The summed E-state index contributed by atoms with van der Waals surface area (Å²) in [5, 5.41) is 15.8. The molecular formula is C13H19N5O3. The van der Waals surface area contributed by atoms with Crippen LogP contribution in [0.1, 0.15) is 55.2 Å². The summed E-state index contributed by atoms with van der Waals surface area (Å²) in [5.74, 6) is 0.573. The Morgan fingerprint density at radius 3 is 2.57 bits per heavy atom. The van der Waals surface area contributed by atoms with Crippen molar-refractivity contribution in [3.05, 3.63) is 23.2 Å². The van der Waals surface area contributed by atoms with E-state index in [2.05, 4.69) is 20.5 Å². The van der Waals surface area contributed by atoms with E-state index < -0.39 is 5.97 Å². The van der Waals surface area contributed by atoms with E-state index in [-0.39, 0.29) is 5.69 Å². The van der Waals surface area contributed by atoms with Crippen LogP contribution in [0.2, 0.25) is 0 Å². The van der Waals surface area contributed by atoms with Crippen LogP contribution < -0.4 is 0 Å². The van der Waals surface area contributed by atoms with Crippen molar-refractivity contribution in [1.29, 1.82) is 0 Å². The van der Waals surface area contributed by atoms with E-state index in [1.165, 1.54) is 0 Å². The van der Waals surface area contributed by atoms with E-state index >= 15 is 0 Å². The molecule has 0 saturated heterocycles. The molecule has 0 radical (unpaired) electrons. The van der Waals surface area contributed by atoms with Crippen LogP contribution in [-0.2, 0) is 24.1 Å². The Bertz CT molecular complexity index is 605. The Morgan fingerprint density at radius 2 is 1.95 bits per heavy atom. The highest BCUT2D eigenvalue weighted by Crippen LogP contribution is 2.12. The van der Waals surface area contributed by atoms with Gasteiger partial charge in [-0.25, -0.2) is 9.48 Å². The number of hydrogen-bond acceptors (Lipinski definition) is 7. The van der Waals surface area contributed by atoms with Crippen LogP contribution in [-0.4, -0.2) is 37.8 Å². The zero-order valence-corrected chi connectivity index (χ0v) is 12.5. The molecule has 0 aliphatic carbocycles. The standard InChI is InChI=1S/C13H19N5O3/c1-4-7-9-12(13(19)20-6-3)16-17-18(9)8-11-15-14-10(5-2)21-11/h4-8H2,1-3H3. The Labute approximate surface area is 122 Å². The van der Waals surface area contributed by atoms with Crippen molar-refractivity contribution in [3.8, 4) is 0 Å². The lowest BCUT2D eigenvalue weighted by atomic mass is 10.2. The molecule has 0 aromatic carbocycles. The van der Waals surface area contributed by atoms with E-state index in [4.69, 9.17) is 9.15 Å².